The number of carbonyl (C=O) groups excluding carboxylic acids is 2. The van der Waals surface area contributed by atoms with Crippen LogP contribution in [0.5, 0.6) is 5.75 Å². The van der Waals surface area contributed by atoms with E-state index in [4.69, 9.17) is 18.7 Å². The SMILES string of the molecule is O=C(C[C@@]1(COc2ccc(F)cc2)CN(C(=O)Cc2noc3ccccc23)CCO1)N1CCOCC1. The molecule has 0 bridgehead atoms. The van der Waals surface area contributed by atoms with E-state index in [0.29, 0.717) is 49.9 Å². The summed E-state index contributed by atoms with van der Waals surface area (Å²) in [6.07, 6.45) is 0.119. The van der Waals surface area contributed by atoms with Crippen LogP contribution in [0.1, 0.15) is 12.1 Å². The zero-order chi connectivity index (χ0) is 25.0. The summed E-state index contributed by atoms with van der Waals surface area (Å²) in [6, 6.07) is 13.1. The van der Waals surface area contributed by atoms with E-state index in [1.54, 1.807) is 15.9 Å². The molecule has 0 N–H and O–H groups in total. The summed E-state index contributed by atoms with van der Waals surface area (Å²) in [5.74, 6) is -0.138. The number of ether oxygens (including phenoxy) is 3. The summed E-state index contributed by atoms with van der Waals surface area (Å²) in [4.78, 5) is 29.9. The number of rotatable bonds is 7. The second-order valence-corrected chi connectivity index (χ2v) is 9.06. The third kappa shape index (κ3) is 5.50. The number of fused-ring (bicyclic) bond motifs is 1. The zero-order valence-corrected chi connectivity index (χ0v) is 19.9. The Morgan fingerprint density at radius 2 is 1.72 bits per heavy atom. The lowest BCUT2D eigenvalue weighted by molar-refractivity contribution is -0.167. The molecule has 0 unspecified atom stereocenters. The van der Waals surface area contributed by atoms with Gasteiger partial charge in [0.25, 0.3) is 0 Å². The highest BCUT2D eigenvalue weighted by Crippen LogP contribution is 2.27. The second kappa shape index (κ2) is 10.6. The number of aromatic nitrogens is 1. The Morgan fingerprint density at radius 3 is 2.53 bits per heavy atom. The number of nitrogens with zero attached hydrogens (tertiary/aromatic N) is 3. The van der Waals surface area contributed by atoms with Crippen molar-refractivity contribution in [1.29, 1.82) is 0 Å². The van der Waals surface area contributed by atoms with Crippen molar-refractivity contribution in [2.24, 2.45) is 0 Å². The molecule has 3 heterocycles. The molecule has 2 fully saturated rings. The number of hydrogen-bond donors (Lipinski definition) is 0. The van der Waals surface area contributed by atoms with Gasteiger partial charge < -0.3 is 28.5 Å². The van der Waals surface area contributed by atoms with Crippen LogP contribution in [0.2, 0.25) is 0 Å². The van der Waals surface area contributed by atoms with E-state index in [-0.39, 0.29) is 50.2 Å². The maximum Gasteiger partial charge on any atom is 0.228 e. The summed E-state index contributed by atoms with van der Waals surface area (Å²) in [5, 5.41) is 4.88. The molecule has 10 heteroatoms. The van der Waals surface area contributed by atoms with Crippen molar-refractivity contribution in [1.82, 2.24) is 15.0 Å². The fourth-order valence-electron chi connectivity index (χ4n) is 4.57. The molecule has 190 valence electrons. The summed E-state index contributed by atoms with van der Waals surface area (Å²) in [7, 11) is 0. The minimum absolute atomic E-state index is 0.0331. The minimum Gasteiger partial charge on any atom is -0.490 e. The normalized spacial score (nSPS) is 20.5. The highest BCUT2D eigenvalue weighted by molar-refractivity contribution is 5.86. The lowest BCUT2D eigenvalue weighted by Crippen LogP contribution is -2.59. The van der Waals surface area contributed by atoms with E-state index < -0.39 is 5.60 Å². The van der Waals surface area contributed by atoms with Gasteiger partial charge in [0.05, 0.1) is 39.2 Å². The monoisotopic (exact) mass is 497 g/mol. The number of carbonyl (C=O) groups is 2. The quantitative estimate of drug-likeness (QED) is 0.495. The molecule has 3 aromatic rings. The van der Waals surface area contributed by atoms with Crippen LogP contribution in [0.25, 0.3) is 11.0 Å². The van der Waals surface area contributed by atoms with E-state index in [1.807, 2.05) is 18.2 Å². The average Bonchev–Trinajstić information content (AvgIpc) is 3.32. The number of halogens is 1. The molecule has 2 aliphatic heterocycles. The predicted molar refractivity (Wildman–Crippen MR) is 127 cm³/mol. The molecular weight excluding hydrogens is 469 g/mol. The molecule has 1 atom stereocenters. The van der Waals surface area contributed by atoms with Crippen molar-refractivity contribution < 1.29 is 32.7 Å². The van der Waals surface area contributed by atoms with Crippen LogP contribution in [0, 0.1) is 5.82 Å². The Morgan fingerprint density at radius 1 is 0.972 bits per heavy atom. The molecule has 5 rings (SSSR count). The number of hydrogen-bond acceptors (Lipinski definition) is 7. The van der Waals surface area contributed by atoms with Gasteiger partial charge in [0.1, 0.15) is 29.5 Å². The molecule has 2 aromatic carbocycles. The largest absolute Gasteiger partial charge is 0.490 e. The highest BCUT2D eigenvalue weighted by atomic mass is 19.1. The van der Waals surface area contributed by atoms with Gasteiger partial charge in [-0.2, -0.15) is 0 Å². The van der Waals surface area contributed by atoms with Crippen LogP contribution in [0.4, 0.5) is 4.39 Å². The van der Waals surface area contributed by atoms with Crippen LogP contribution in [-0.4, -0.2) is 85.0 Å². The van der Waals surface area contributed by atoms with Crippen LogP contribution < -0.4 is 4.74 Å². The third-order valence-electron chi connectivity index (χ3n) is 6.52. The van der Waals surface area contributed by atoms with E-state index in [9.17, 15) is 14.0 Å². The Bertz CT molecular complexity index is 1210. The van der Waals surface area contributed by atoms with E-state index in [0.717, 1.165) is 5.39 Å². The third-order valence-corrected chi connectivity index (χ3v) is 6.52. The smallest absolute Gasteiger partial charge is 0.228 e. The van der Waals surface area contributed by atoms with Crippen molar-refractivity contribution in [2.75, 3.05) is 52.6 Å². The molecule has 0 radical (unpaired) electrons. The molecule has 1 aromatic heterocycles. The first-order chi connectivity index (χ1) is 17.5. The molecule has 2 amide bonds. The van der Waals surface area contributed by atoms with Gasteiger partial charge in [0.2, 0.25) is 11.8 Å². The van der Waals surface area contributed by atoms with Crippen molar-refractivity contribution in [3.8, 4) is 5.75 Å². The van der Waals surface area contributed by atoms with Crippen molar-refractivity contribution >= 4 is 22.8 Å². The van der Waals surface area contributed by atoms with Gasteiger partial charge in [-0.1, -0.05) is 17.3 Å². The Hall–Kier alpha value is -3.50. The van der Waals surface area contributed by atoms with Gasteiger partial charge in [0.15, 0.2) is 5.58 Å². The second-order valence-electron chi connectivity index (χ2n) is 9.06. The van der Waals surface area contributed by atoms with Gasteiger partial charge in [0, 0.05) is 25.0 Å². The topological polar surface area (TPSA) is 94.3 Å². The molecule has 0 aliphatic carbocycles. The summed E-state index contributed by atoms with van der Waals surface area (Å²) in [5.41, 5.74) is 0.143. The molecule has 2 aliphatic rings. The number of amides is 2. The Labute approximate surface area is 207 Å². The van der Waals surface area contributed by atoms with Crippen molar-refractivity contribution in [2.45, 2.75) is 18.4 Å². The first kappa shape index (κ1) is 24.2. The van der Waals surface area contributed by atoms with E-state index in [1.165, 1.54) is 24.3 Å². The fraction of sp³-hybridized carbons (Fsp3) is 0.423. The molecule has 9 nitrogen and oxygen atoms in total. The number of benzene rings is 2. The van der Waals surface area contributed by atoms with Crippen molar-refractivity contribution in [3.63, 3.8) is 0 Å². The van der Waals surface area contributed by atoms with Gasteiger partial charge >= 0.3 is 0 Å². The maximum atomic E-state index is 13.3. The summed E-state index contributed by atoms with van der Waals surface area (Å²) < 4.78 is 36.1. The first-order valence-corrected chi connectivity index (χ1v) is 12.0. The molecule has 0 saturated carbocycles. The lowest BCUT2D eigenvalue weighted by Gasteiger charge is -2.43. The molecule has 0 spiro atoms. The standard InChI is InChI=1S/C26H28FN3O6/c27-19-5-7-20(8-6-19)34-18-26(16-25(32)29-9-12-33-13-10-29)17-30(11-14-35-26)24(31)15-22-21-3-1-2-4-23(21)36-28-22/h1-8H,9-18H2/t26-/m0/s1. The molecular formula is C26H28FN3O6. The van der Waals surface area contributed by atoms with Gasteiger partial charge in [-0.15, -0.1) is 0 Å². The van der Waals surface area contributed by atoms with Crippen LogP contribution in [0.3, 0.4) is 0 Å². The summed E-state index contributed by atoms with van der Waals surface area (Å²) in [6.45, 7) is 2.85. The van der Waals surface area contributed by atoms with Crippen LogP contribution in [-0.2, 0) is 25.5 Å². The molecule has 2 saturated heterocycles. The first-order valence-electron chi connectivity index (χ1n) is 12.0. The van der Waals surface area contributed by atoms with Crippen LogP contribution >= 0.6 is 0 Å². The molecule has 36 heavy (non-hydrogen) atoms. The average molecular weight is 498 g/mol. The minimum atomic E-state index is -1.05. The fourth-order valence-corrected chi connectivity index (χ4v) is 4.57. The lowest BCUT2D eigenvalue weighted by atomic mass is 9.96. The number of morpholine rings is 2. The summed E-state index contributed by atoms with van der Waals surface area (Å²) >= 11 is 0. The number of para-hydroxylation sites is 1. The van der Waals surface area contributed by atoms with Gasteiger partial charge in [-0.25, -0.2) is 4.39 Å². The predicted octanol–water partition coefficient (Wildman–Crippen LogP) is 2.43. The van der Waals surface area contributed by atoms with E-state index >= 15 is 0 Å². The van der Waals surface area contributed by atoms with Crippen molar-refractivity contribution in [3.05, 3.63) is 60.0 Å². The Balaban J connectivity index is 1.32. The Kier molecular flexibility index (Phi) is 7.15. The zero-order valence-electron chi connectivity index (χ0n) is 19.9. The van der Waals surface area contributed by atoms with E-state index in [2.05, 4.69) is 5.16 Å². The van der Waals surface area contributed by atoms with Gasteiger partial charge in [-0.3, -0.25) is 9.59 Å². The highest BCUT2D eigenvalue weighted by Gasteiger charge is 2.42. The van der Waals surface area contributed by atoms with Crippen LogP contribution in [0.15, 0.2) is 53.1 Å². The van der Waals surface area contributed by atoms with Gasteiger partial charge in [-0.05, 0) is 36.4 Å². The maximum absolute atomic E-state index is 13.3.